The molecular weight excluding hydrogens is 280 g/mol. The van der Waals surface area contributed by atoms with Gasteiger partial charge in [0.15, 0.2) is 0 Å². The first kappa shape index (κ1) is 15.8. The molecular formula is C17H32SiTi. The molecule has 0 amide bonds. The third-order valence-corrected chi connectivity index (χ3v) is 9.78. The Bertz CT molecular complexity index is 429. The van der Waals surface area contributed by atoms with Crippen LogP contribution in [0.1, 0.15) is 32.6 Å². The van der Waals surface area contributed by atoms with Crippen LogP contribution in [-0.2, 0) is 16.6 Å². The van der Waals surface area contributed by atoms with Crippen molar-refractivity contribution in [3.8, 4) is 0 Å². The fourth-order valence-electron chi connectivity index (χ4n) is 4.21. The standard InChI is InChI=1S/C14H23Si.3CH3.Ti/c1-11-9-12-7-5-6-8-13(12)14(11)10-15(2,3)4;;;;/h14H,5-8,10H2,1-4H3;3*1H3;. The van der Waals surface area contributed by atoms with Crippen molar-refractivity contribution in [2.45, 2.75) is 74.0 Å². The quantitative estimate of drug-likeness (QED) is 0.529. The van der Waals surface area contributed by atoms with Crippen LogP contribution in [0.3, 0.4) is 0 Å². The summed E-state index contributed by atoms with van der Waals surface area (Å²) in [5.41, 5.74) is 5.56. The van der Waals surface area contributed by atoms with Gasteiger partial charge in [-0.25, -0.2) is 0 Å². The number of allylic oxidation sites excluding steroid dienone is 4. The molecule has 0 radical (unpaired) electrons. The van der Waals surface area contributed by atoms with Crippen LogP contribution in [0, 0.1) is 5.92 Å². The molecule has 108 valence electrons. The molecule has 0 aromatic carbocycles. The molecule has 1 unspecified atom stereocenters. The number of rotatable bonds is 3. The minimum atomic E-state index is -1.70. The normalized spacial score (nSPS) is 25.1. The van der Waals surface area contributed by atoms with Gasteiger partial charge in [0, 0.05) is 0 Å². The van der Waals surface area contributed by atoms with Crippen molar-refractivity contribution < 1.29 is 16.6 Å². The van der Waals surface area contributed by atoms with E-state index in [2.05, 4.69) is 42.3 Å². The van der Waals surface area contributed by atoms with Crippen LogP contribution in [0.15, 0.2) is 20.6 Å². The maximum atomic E-state index is 2.59. The van der Waals surface area contributed by atoms with E-state index in [9.17, 15) is 0 Å². The zero-order valence-electron chi connectivity index (χ0n) is 14.1. The van der Waals surface area contributed by atoms with Gasteiger partial charge >= 0.3 is 125 Å². The molecule has 2 aliphatic carbocycles. The van der Waals surface area contributed by atoms with Crippen LogP contribution in [0.5, 0.6) is 0 Å². The van der Waals surface area contributed by atoms with Gasteiger partial charge in [-0.15, -0.1) is 0 Å². The molecule has 0 nitrogen and oxygen atoms in total. The Labute approximate surface area is 125 Å². The molecule has 2 heteroatoms. The van der Waals surface area contributed by atoms with Crippen molar-refractivity contribution in [1.82, 2.24) is 0 Å². The van der Waals surface area contributed by atoms with Crippen LogP contribution < -0.4 is 0 Å². The first-order valence-corrected chi connectivity index (χ1v) is 17.2. The summed E-state index contributed by atoms with van der Waals surface area (Å²) in [7, 11) is -0.977. The predicted molar refractivity (Wildman–Crippen MR) is 87.4 cm³/mol. The molecule has 2 aliphatic rings. The SMILES string of the molecule is CC1=[C]([Ti]([CH3])([CH3])[CH3])C2=C(CCCC2)C1C[Si](C)(C)C. The monoisotopic (exact) mass is 312 g/mol. The summed E-state index contributed by atoms with van der Waals surface area (Å²) in [4.78, 5) is 0. The molecule has 0 heterocycles. The van der Waals surface area contributed by atoms with Crippen molar-refractivity contribution in [2.75, 3.05) is 0 Å². The van der Waals surface area contributed by atoms with E-state index in [1.54, 1.807) is 0 Å². The third-order valence-electron chi connectivity index (χ3n) is 4.72. The Hall–Kier alpha value is 0.411. The average molecular weight is 312 g/mol. The number of hydrogen-bond acceptors (Lipinski definition) is 0. The molecule has 1 atom stereocenters. The van der Waals surface area contributed by atoms with E-state index in [-0.39, 0.29) is 0 Å². The van der Waals surface area contributed by atoms with Gasteiger partial charge in [-0.05, 0) is 0 Å². The van der Waals surface area contributed by atoms with Crippen LogP contribution in [0.4, 0.5) is 0 Å². The molecule has 2 rings (SSSR count). The van der Waals surface area contributed by atoms with E-state index >= 15 is 0 Å². The van der Waals surface area contributed by atoms with Gasteiger partial charge in [0.2, 0.25) is 0 Å². The molecule has 0 aromatic heterocycles. The second-order valence-corrected chi connectivity index (χ2v) is 22.2. The Balaban J connectivity index is 2.44. The van der Waals surface area contributed by atoms with Crippen molar-refractivity contribution in [3.05, 3.63) is 20.6 Å². The summed E-state index contributed by atoms with van der Waals surface area (Å²) in [5, 5.41) is 7.78. The summed E-state index contributed by atoms with van der Waals surface area (Å²) in [6.45, 7) is 10.1. The Kier molecular flexibility index (Phi) is 4.42. The maximum absolute atomic E-state index is 2.59. The Morgan fingerprint density at radius 3 is 2.16 bits per heavy atom. The van der Waals surface area contributed by atoms with Gasteiger partial charge < -0.3 is 0 Å². The van der Waals surface area contributed by atoms with E-state index in [4.69, 9.17) is 0 Å². The van der Waals surface area contributed by atoms with Crippen molar-refractivity contribution in [1.29, 1.82) is 0 Å². The Morgan fingerprint density at radius 2 is 1.63 bits per heavy atom. The van der Waals surface area contributed by atoms with E-state index in [1.807, 2.05) is 20.6 Å². The van der Waals surface area contributed by atoms with Crippen LogP contribution >= 0.6 is 0 Å². The summed E-state index contributed by atoms with van der Waals surface area (Å²) in [5.74, 6) is 0.849. The molecule has 0 N–H and O–H groups in total. The molecule has 0 saturated heterocycles. The fraction of sp³-hybridized carbons (Fsp3) is 0.765. The van der Waals surface area contributed by atoms with Gasteiger partial charge in [-0.1, -0.05) is 0 Å². The van der Waals surface area contributed by atoms with Gasteiger partial charge in [0.25, 0.3) is 0 Å². The van der Waals surface area contributed by atoms with Crippen molar-refractivity contribution in [2.24, 2.45) is 5.92 Å². The summed E-state index contributed by atoms with van der Waals surface area (Å²) >= 11 is -1.70. The van der Waals surface area contributed by atoms with Crippen molar-refractivity contribution in [3.63, 3.8) is 0 Å². The van der Waals surface area contributed by atoms with E-state index in [0.717, 1.165) is 5.92 Å². The number of hydrogen-bond donors (Lipinski definition) is 0. The molecule has 0 bridgehead atoms. The molecule has 0 aromatic rings. The summed E-state index contributed by atoms with van der Waals surface area (Å²) < 4.78 is 1.91. The van der Waals surface area contributed by atoms with Crippen LogP contribution in [0.2, 0.25) is 41.4 Å². The van der Waals surface area contributed by atoms with Gasteiger partial charge in [0.1, 0.15) is 0 Å². The van der Waals surface area contributed by atoms with Gasteiger partial charge in [-0.3, -0.25) is 0 Å². The first-order chi connectivity index (χ1) is 8.61. The molecule has 19 heavy (non-hydrogen) atoms. The zero-order valence-corrected chi connectivity index (χ0v) is 16.7. The molecule has 0 saturated carbocycles. The fourth-order valence-corrected chi connectivity index (χ4v) is 9.96. The second kappa shape index (κ2) is 5.31. The first-order valence-electron chi connectivity index (χ1n) is 8.05. The van der Waals surface area contributed by atoms with Crippen LogP contribution in [0.25, 0.3) is 0 Å². The van der Waals surface area contributed by atoms with Gasteiger partial charge in [-0.2, -0.15) is 0 Å². The zero-order chi connectivity index (χ0) is 14.4. The van der Waals surface area contributed by atoms with E-state index < -0.39 is 24.7 Å². The molecule has 0 spiro atoms. The Morgan fingerprint density at radius 1 is 1.05 bits per heavy atom. The predicted octanol–water partition coefficient (Wildman–Crippen LogP) is 6.40. The molecule has 0 fully saturated rings. The van der Waals surface area contributed by atoms with Crippen molar-refractivity contribution >= 4 is 8.07 Å². The van der Waals surface area contributed by atoms with E-state index in [0.29, 0.717) is 0 Å². The average Bonchev–Trinajstić information content (AvgIpc) is 2.49. The second-order valence-electron chi connectivity index (χ2n) is 8.84. The summed E-state index contributed by atoms with van der Waals surface area (Å²) in [6.07, 6.45) is 5.68. The summed E-state index contributed by atoms with van der Waals surface area (Å²) in [6, 6.07) is 1.49. The van der Waals surface area contributed by atoms with Crippen LogP contribution in [-0.4, -0.2) is 8.07 Å². The van der Waals surface area contributed by atoms with Gasteiger partial charge in [0.05, 0.1) is 0 Å². The molecule has 0 aliphatic heterocycles. The third kappa shape index (κ3) is 3.36. The topological polar surface area (TPSA) is 0 Å². The minimum absolute atomic E-state index is 0.849. The van der Waals surface area contributed by atoms with E-state index in [1.165, 1.54) is 31.7 Å².